The Morgan fingerprint density at radius 1 is 1.13 bits per heavy atom. The van der Waals surface area contributed by atoms with Crippen LogP contribution in [0.2, 0.25) is 0 Å². The first-order chi connectivity index (χ1) is 11.2. The summed E-state index contributed by atoms with van der Waals surface area (Å²) < 4.78 is 3.64. The SMILES string of the molecule is CSc1cccc(Cc2ccc3c(c2)CCC3NSC(C)C)c1. The molecule has 2 aromatic carbocycles. The number of fused-ring (bicyclic) bond motifs is 1. The van der Waals surface area contributed by atoms with Crippen LogP contribution in [0.5, 0.6) is 0 Å². The van der Waals surface area contributed by atoms with Gasteiger partial charge in [-0.2, -0.15) is 0 Å². The van der Waals surface area contributed by atoms with Crippen molar-refractivity contribution in [3.05, 3.63) is 64.7 Å². The van der Waals surface area contributed by atoms with Crippen molar-refractivity contribution in [1.82, 2.24) is 4.72 Å². The van der Waals surface area contributed by atoms with E-state index < -0.39 is 0 Å². The maximum atomic E-state index is 3.64. The first-order valence-electron chi connectivity index (χ1n) is 8.31. The van der Waals surface area contributed by atoms with E-state index in [4.69, 9.17) is 0 Å². The Balaban J connectivity index is 1.71. The zero-order valence-corrected chi connectivity index (χ0v) is 15.8. The molecule has 0 aliphatic heterocycles. The summed E-state index contributed by atoms with van der Waals surface area (Å²) in [7, 11) is 0. The minimum atomic E-state index is 0.520. The summed E-state index contributed by atoms with van der Waals surface area (Å²) in [6, 6.07) is 16.5. The number of hydrogen-bond donors (Lipinski definition) is 1. The van der Waals surface area contributed by atoms with Crippen molar-refractivity contribution in [3.8, 4) is 0 Å². The average molecular weight is 344 g/mol. The number of rotatable bonds is 6. The number of benzene rings is 2. The van der Waals surface area contributed by atoms with Gasteiger partial charge in [-0.3, -0.25) is 4.72 Å². The van der Waals surface area contributed by atoms with Gasteiger partial charge >= 0.3 is 0 Å². The third kappa shape index (κ3) is 4.34. The predicted molar refractivity (Wildman–Crippen MR) is 104 cm³/mol. The highest BCUT2D eigenvalue weighted by molar-refractivity contribution is 7.98. The van der Waals surface area contributed by atoms with E-state index in [1.165, 1.54) is 40.0 Å². The predicted octanol–water partition coefficient (Wildman–Crippen LogP) is 5.63. The number of thioether (sulfide) groups is 1. The summed E-state index contributed by atoms with van der Waals surface area (Å²) in [5.41, 5.74) is 5.86. The first kappa shape index (κ1) is 16.9. The van der Waals surface area contributed by atoms with Gasteiger partial charge < -0.3 is 0 Å². The zero-order chi connectivity index (χ0) is 16.2. The Kier molecular flexibility index (Phi) is 5.73. The van der Waals surface area contributed by atoms with Gasteiger partial charge in [-0.15, -0.1) is 11.8 Å². The highest BCUT2D eigenvalue weighted by atomic mass is 32.2. The molecule has 0 radical (unpaired) electrons. The summed E-state index contributed by atoms with van der Waals surface area (Å²) in [6.07, 6.45) is 5.59. The Morgan fingerprint density at radius 3 is 2.74 bits per heavy atom. The van der Waals surface area contributed by atoms with Crippen molar-refractivity contribution in [2.24, 2.45) is 0 Å². The molecular weight excluding hydrogens is 318 g/mol. The minimum Gasteiger partial charge on any atom is -0.256 e. The summed E-state index contributed by atoms with van der Waals surface area (Å²) >= 11 is 3.66. The van der Waals surface area contributed by atoms with E-state index in [9.17, 15) is 0 Å². The molecule has 0 bridgehead atoms. The molecule has 2 aromatic rings. The summed E-state index contributed by atoms with van der Waals surface area (Å²) in [6.45, 7) is 4.47. The maximum Gasteiger partial charge on any atom is 0.0427 e. The number of aryl methyl sites for hydroxylation is 1. The van der Waals surface area contributed by atoms with Crippen LogP contribution in [-0.4, -0.2) is 11.5 Å². The molecule has 3 rings (SSSR count). The van der Waals surface area contributed by atoms with Crippen LogP contribution < -0.4 is 4.72 Å². The average Bonchev–Trinajstić information content (AvgIpc) is 2.95. The molecule has 3 heteroatoms. The standard InChI is InChI=1S/C20H25NS2/c1-14(2)23-21-20-10-8-17-12-16(7-9-19(17)20)11-15-5-4-6-18(13-15)22-3/h4-7,9,12-14,20-21H,8,10-11H2,1-3H3. The lowest BCUT2D eigenvalue weighted by molar-refractivity contribution is 0.665. The van der Waals surface area contributed by atoms with Crippen LogP contribution >= 0.6 is 23.7 Å². The van der Waals surface area contributed by atoms with Crippen LogP contribution in [0, 0.1) is 0 Å². The van der Waals surface area contributed by atoms with E-state index in [2.05, 4.69) is 67.3 Å². The molecule has 0 saturated carbocycles. The lowest BCUT2D eigenvalue weighted by Gasteiger charge is -2.15. The van der Waals surface area contributed by atoms with Gasteiger partial charge in [0.1, 0.15) is 0 Å². The molecule has 1 atom stereocenters. The number of nitrogens with one attached hydrogen (secondary N) is 1. The fourth-order valence-electron chi connectivity index (χ4n) is 3.14. The molecule has 23 heavy (non-hydrogen) atoms. The van der Waals surface area contributed by atoms with Crippen molar-refractivity contribution in [1.29, 1.82) is 0 Å². The van der Waals surface area contributed by atoms with Gasteiger partial charge in [0.25, 0.3) is 0 Å². The van der Waals surface area contributed by atoms with Crippen molar-refractivity contribution in [2.75, 3.05) is 6.26 Å². The molecule has 0 saturated heterocycles. The molecular formula is C20H25NS2. The molecule has 1 N–H and O–H groups in total. The van der Waals surface area contributed by atoms with Crippen molar-refractivity contribution in [3.63, 3.8) is 0 Å². The zero-order valence-electron chi connectivity index (χ0n) is 14.1. The molecule has 0 amide bonds. The van der Waals surface area contributed by atoms with Crippen molar-refractivity contribution >= 4 is 23.7 Å². The third-order valence-corrected chi connectivity index (χ3v) is 5.89. The van der Waals surface area contributed by atoms with Gasteiger partial charge in [0.05, 0.1) is 0 Å². The van der Waals surface area contributed by atoms with Gasteiger partial charge in [-0.1, -0.05) is 56.1 Å². The lowest BCUT2D eigenvalue weighted by Crippen LogP contribution is -2.13. The largest absolute Gasteiger partial charge is 0.256 e. The molecule has 0 fully saturated rings. The quantitative estimate of drug-likeness (QED) is 0.539. The van der Waals surface area contributed by atoms with Gasteiger partial charge in [0.15, 0.2) is 0 Å². The Bertz CT molecular complexity index is 666. The van der Waals surface area contributed by atoms with E-state index in [-0.39, 0.29) is 0 Å². The topological polar surface area (TPSA) is 12.0 Å². The fourth-order valence-corrected chi connectivity index (χ4v) is 4.30. The Labute approximate surface area is 148 Å². The van der Waals surface area contributed by atoms with E-state index in [1.807, 2.05) is 23.7 Å². The van der Waals surface area contributed by atoms with Crippen LogP contribution in [-0.2, 0) is 12.8 Å². The summed E-state index contributed by atoms with van der Waals surface area (Å²) in [4.78, 5) is 1.35. The van der Waals surface area contributed by atoms with Gasteiger partial charge in [0, 0.05) is 16.2 Å². The molecule has 1 aliphatic carbocycles. The second-order valence-corrected chi connectivity index (χ2v) is 8.73. The molecule has 1 aliphatic rings. The molecule has 0 heterocycles. The molecule has 1 nitrogen and oxygen atoms in total. The summed E-state index contributed by atoms with van der Waals surface area (Å²) in [5, 5.41) is 0.627. The van der Waals surface area contributed by atoms with Crippen LogP contribution in [0.1, 0.15) is 48.6 Å². The van der Waals surface area contributed by atoms with E-state index >= 15 is 0 Å². The second-order valence-electron chi connectivity index (χ2n) is 6.44. The van der Waals surface area contributed by atoms with E-state index in [0.717, 1.165) is 6.42 Å². The monoisotopic (exact) mass is 343 g/mol. The smallest absolute Gasteiger partial charge is 0.0427 e. The Hall–Kier alpha value is -0.900. The molecule has 1 unspecified atom stereocenters. The number of hydrogen-bond acceptors (Lipinski definition) is 3. The summed E-state index contributed by atoms with van der Waals surface area (Å²) in [5.74, 6) is 0. The van der Waals surface area contributed by atoms with Crippen LogP contribution in [0.4, 0.5) is 0 Å². The minimum absolute atomic E-state index is 0.520. The van der Waals surface area contributed by atoms with Crippen LogP contribution in [0.25, 0.3) is 0 Å². The lowest BCUT2D eigenvalue weighted by atomic mass is 10.00. The van der Waals surface area contributed by atoms with Crippen LogP contribution in [0.15, 0.2) is 47.4 Å². The van der Waals surface area contributed by atoms with E-state index in [0.29, 0.717) is 11.3 Å². The van der Waals surface area contributed by atoms with Gasteiger partial charge in [-0.25, -0.2) is 0 Å². The van der Waals surface area contributed by atoms with Crippen molar-refractivity contribution in [2.45, 2.75) is 49.3 Å². The molecule has 122 valence electrons. The van der Waals surface area contributed by atoms with E-state index in [1.54, 1.807) is 0 Å². The van der Waals surface area contributed by atoms with Gasteiger partial charge in [-0.05, 0) is 59.9 Å². The van der Waals surface area contributed by atoms with Gasteiger partial charge in [0.2, 0.25) is 0 Å². The fraction of sp³-hybridized carbons (Fsp3) is 0.400. The highest BCUT2D eigenvalue weighted by Crippen LogP contribution is 2.34. The third-order valence-electron chi connectivity index (χ3n) is 4.27. The highest BCUT2D eigenvalue weighted by Gasteiger charge is 2.22. The normalized spacial score (nSPS) is 16.8. The first-order valence-corrected chi connectivity index (χ1v) is 10.4. The second kappa shape index (κ2) is 7.78. The maximum absolute atomic E-state index is 3.64. The van der Waals surface area contributed by atoms with Crippen LogP contribution in [0.3, 0.4) is 0 Å². The molecule has 0 aromatic heterocycles. The van der Waals surface area contributed by atoms with Crippen molar-refractivity contribution < 1.29 is 0 Å². The molecule has 0 spiro atoms. The Morgan fingerprint density at radius 2 is 1.96 bits per heavy atom.